The monoisotopic (exact) mass is 615 g/mol. The third-order valence-corrected chi connectivity index (χ3v) is 9.71. The largest absolute Gasteiger partial charge is 0.395 e. The summed E-state index contributed by atoms with van der Waals surface area (Å²) in [6.07, 6.45) is 6.49. The van der Waals surface area contributed by atoms with E-state index in [0.717, 1.165) is 59.7 Å². The van der Waals surface area contributed by atoms with Crippen molar-refractivity contribution in [3.63, 3.8) is 0 Å². The topological polar surface area (TPSA) is 85.7 Å². The molecular formula is C37H37N5O2S. The van der Waals surface area contributed by atoms with E-state index in [1.165, 1.54) is 5.56 Å². The quantitative estimate of drug-likeness (QED) is 0.0910. The van der Waals surface area contributed by atoms with E-state index in [2.05, 4.69) is 76.0 Å². The van der Waals surface area contributed by atoms with Crippen LogP contribution in [0.15, 0.2) is 127 Å². The first kappa shape index (κ1) is 30.4. The van der Waals surface area contributed by atoms with Gasteiger partial charge in [-0.05, 0) is 30.7 Å². The summed E-state index contributed by atoms with van der Waals surface area (Å²) >= 11 is 1.74. The Hall–Kier alpha value is -4.66. The van der Waals surface area contributed by atoms with Gasteiger partial charge in [-0.1, -0.05) is 103 Å². The van der Waals surface area contributed by atoms with E-state index in [1.807, 2.05) is 60.9 Å². The molecule has 0 saturated heterocycles. The lowest BCUT2D eigenvalue weighted by Gasteiger charge is -2.34. The third-order valence-electron chi connectivity index (χ3n) is 8.22. The standard InChI is InChI=1S/C37H37N5O2S/c1-2-41(26-28-13-5-3-6-14-28)22-12-24-44-40-35(29-15-7-4-8-16-29)31-18-9-10-19-33(31)37(30-17-11-21-39-25-30)42-23-20-32(36(38)43)34(42)27-45-37/h3-11,13-21,23,25H,2,12,22,24,26-27H2,1H3,(H2,38,43)/b40-35+. The lowest BCUT2D eigenvalue weighted by Crippen LogP contribution is -2.32. The zero-order chi connectivity index (χ0) is 31.1. The lowest BCUT2D eigenvalue weighted by atomic mass is 9.89. The van der Waals surface area contributed by atoms with Crippen molar-refractivity contribution >= 4 is 23.4 Å². The number of nitrogens with two attached hydrogens (primary N) is 1. The van der Waals surface area contributed by atoms with Crippen molar-refractivity contribution in [2.45, 2.75) is 30.5 Å². The van der Waals surface area contributed by atoms with E-state index in [9.17, 15) is 4.79 Å². The van der Waals surface area contributed by atoms with Crippen LogP contribution >= 0.6 is 11.8 Å². The second-order valence-corrected chi connectivity index (χ2v) is 12.1. The summed E-state index contributed by atoms with van der Waals surface area (Å²) in [5, 5.41) is 4.81. The van der Waals surface area contributed by atoms with E-state index in [0.29, 0.717) is 17.9 Å². The summed E-state index contributed by atoms with van der Waals surface area (Å²) in [7, 11) is 0. The highest BCUT2D eigenvalue weighted by Gasteiger charge is 2.45. The van der Waals surface area contributed by atoms with Crippen molar-refractivity contribution in [1.82, 2.24) is 14.5 Å². The summed E-state index contributed by atoms with van der Waals surface area (Å²) in [6, 6.07) is 34.8. The molecule has 1 aliphatic rings. The van der Waals surface area contributed by atoms with Gasteiger partial charge >= 0.3 is 0 Å². The Kier molecular flexibility index (Phi) is 9.43. The Morgan fingerprint density at radius 3 is 2.47 bits per heavy atom. The molecule has 3 heterocycles. The Morgan fingerprint density at radius 2 is 1.73 bits per heavy atom. The molecule has 0 aliphatic carbocycles. The fourth-order valence-corrected chi connectivity index (χ4v) is 7.59. The van der Waals surface area contributed by atoms with E-state index >= 15 is 0 Å². The highest BCUT2D eigenvalue weighted by Crippen LogP contribution is 2.53. The molecule has 1 aliphatic heterocycles. The van der Waals surface area contributed by atoms with Crippen LogP contribution in [0.5, 0.6) is 0 Å². The summed E-state index contributed by atoms with van der Waals surface area (Å²) < 4.78 is 2.17. The molecule has 7 nitrogen and oxygen atoms in total. The maximum absolute atomic E-state index is 12.3. The van der Waals surface area contributed by atoms with Crippen LogP contribution < -0.4 is 5.73 Å². The van der Waals surface area contributed by atoms with Crippen molar-refractivity contribution in [1.29, 1.82) is 0 Å². The molecule has 0 bridgehead atoms. The number of nitrogens with zero attached hydrogens (tertiary/aromatic N) is 4. The lowest BCUT2D eigenvalue weighted by molar-refractivity contribution is 0.0999. The molecule has 0 radical (unpaired) electrons. The molecule has 2 aromatic heterocycles. The number of fused-ring (bicyclic) bond motifs is 1. The van der Waals surface area contributed by atoms with Crippen molar-refractivity contribution in [3.8, 4) is 0 Å². The van der Waals surface area contributed by atoms with Gasteiger partial charge in [0.25, 0.3) is 5.91 Å². The highest BCUT2D eigenvalue weighted by atomic mass is 32.2. The van der Waals surface area contributed by atoms with Gasteiger partial charge in [0.15, 0.2) is 0 Å². The Bertz CT molecular complexity index is 1760. The van der Waals surface area contributed by atoms with Gasteiger partial charge in [0.1, 0.15) is 17.2 Å². The minimum Gasteiger partial charge on any atom is -0.395 e. The summed E-state index contributed by atoms with van der Waals surface area (Å²) in [5.41, 5.74) is 13.2. The number of carbonyl (C=O) groups excluding carboxylic acids is 1. The molecule has 3 aromatic carbocycles. The minimum absolute atomic E-state index is 0.426. The second-order valence-electron chi connectivity index (χ2n) is 11.0. The molecular weight excluding hydrogens is 579 g/mol. The van der Waals surface area contributed by atoms with Crippen LogP contribution in [0.25, 0.3) is 0 Å². The van der Waals surface area contributed by atoms with Crippen molar-refractivity contribution in [2.75, 3.05) is 19.7 Å². The summed E-state index contributed by atoms with van der Waals surface area (Å²) in [5.74, 6) is 0.199. The van der Waals surface area contributed by atoms with Crippen LogP contribution in [-0.4, -0.2) is 45.8 Å². The smallest absolute Gasteiger partial charge is 0.250 e. The zero-order valence-electron chi connectivity index (χ0n) is 25.4. The maximum atomic E-state index is 12.3. The average Bonchev–Trinajstić information content (AvgIpc) is 3.69. The van der Waals surface area contributed by atoms with E-state index in [4.69, 9.17) is 15.7 Å². The summed E-state index contributed by atoms with van der Waals surface area (Å²) in [6.45, 7) is 5.48. The number of pyridine rings is 1. The first-order chi connectivity index (χ1) is 22.1. The number of hydrogen-bond donors (Lipinski definition) is 1. The Balaban J connectivity index is 1.34. The number of rotatable bonds is 13. The van der Waals surface area contributed by atoms with Gasteiger partial charge in [0, 0.05) is 65.4 Å². The van der Waals surface area contributed by atoms with E-state index in [1.54, 1.807) is 18.0 Å². The van der Waals surface area contributed by atoms with Gasteiger partial charge in [0.05, 0.1) is 5.56 Å². The van der Waals surface area contributed by atoms with Gasteiger partial charge in [-0.2, -0.15) is 0 Å². The number of aromatic nitrogens is 2. The van der Waals surface area contributed by atoms with Crippen molar-refractivity contribution < 1.29 is 9.63 Å². The fraction of sp³-hybridized carbons (Fsp3) is 0.216. The molecule has 1 atom stereocenters. The fourth-order valence-electron chi connectivity index (χ4n) is 6.01. The third kappa shape index (κ3) is 6.30. The Morgan fingerprint density at radius 1 is 0.978 bits per heavy atom. The van der Waals surface area contributed by atoms with Gasteiger partial charge in [-0.25, -0.2) is 0 Å². The summed E-state index contributed by atoms with van der Waals surface area (Å²) in [4.78, 5) is 24.6. The van der Waals surface area contributed by atoms with Gasteiger partial charge in [0.2, 0.25) is 0 Å². The second kappa shape index (κ2) is 14.0. The molecule has 8 heteroatoms. The molecule has 5 aromatic rings. The van der Waals surface area contributed by atoms with Crippen LogP contribution in [0.3, 0.4) is 0 Å². The first-order valence-electron chi connectivity index (χ1n) is 15.3. The average molecular weight is 616 g/mol. The van der Waals surface area contributed by atoms with Crippen LogP contribution in [-0.2, 0) is 22.0 Å². The van der Waals surface area contributed by atoms with Gasteiger partial charge in [-0.3, -0.25) is 14.7 Å². The molecule has 45 heavy (non-hydrogen) atoms. The van der Waals surface area contributed by atoms with Crippen LogP contribution in [0.1, 0.15) is 57.2 Å². The first-order valence-corrected chi connectivity index (χ1v) is 16.3. The minimum atomic E-state index is -0.692. The van der Waals surface area contributed by atoms with Crippen LogP contribution in [0.2, 0.25) is 0 Å². The normalized spacial score (nSPS) is 16.1. The molecule has 6 rings (SSSR count). The zero-order valence-corrected chi connectivity index (χ0v) is 26.2. The maximum Gasteiger partial charge on any atom is 0.250 e. The van der Waals surface area contributed by atoms with E-state index in [-0.39, 0.29) is 0 Å². The Labute approximate surface area is 268 Å². The number of hydrogen-bond acceptors (Lipinski definition) is 6. The molecule has 0 spiro atoms. The number of thioether (sulfide) groups is 1. The van der Waals surface area contributed by atoms with Crippen molar-refractivity contribution in [3.05, 3.63) is 161 Å². The number of primary amides is 1. The number of amides is 1. The highest BCUT2D eigenvalue weighted by molar-refractivity contribution is 7.99. The number of oxime groups is 1. The van der Waals surface area contributed by atoms with Crippen LogP contribution in [0.4, 0.5) is 0 Å². The van der Waals surface area contributed by atoms with Crippen molar-refractivity contribution in [2.24, 2.45) is 10.9 Å². The van der Waals surface area contributed by atoms with Gasteiger partial charge in [-0.15, -0.1) is 11.8 Å². The molecule has 2 N–H and O–H groups in total. The molecule has 1 unspecified atom stereocenters. The molecule has 0 saturated carbocycles. The van der Waals surface area contributed by atoms with Crippen LogP contribution in [0, 0.1) is 0 Å². The molecule has 228 valence electrons. The predicted molar refractivity (Wildman–Crippen MR) is 181 cm³/mol. The number of benzene rings is 3. The molecule has 0 fully saturated rings. The molecule has 1 amide bonds. The SMILES string of the molecule is CCN(CCCO/N=C(\c1ccccc1)c1ccccc1C1(c2cccnc2)SCc2c(C(N)=O)ccn21)Cc1ccccc1. The van der Waals surface area contributed by atoms with E-state index < -0.39 is 10.8 Å². The number of carbonyl (C=O) groups is 1. The van der Waals surface area contributed by atoms with Gasteiger partial charge < -0.3 is 15.1 Å². The predicted octanol–water partition coefficient (Wildman–Crippen LogP) is 6.66.